The second kappa shape index (κ2) is 15.4. The summed E-state index contributed by atoms with van der Waals surface area (Å²) in [5.74, 6) is 0.707. The lowest BCUT2D eigenvalue weighted by molar-refractivity contribution is -0.141. The number of hydrogen-bond acceptors (Lipinski definition) is 3. The zero-order valence-electron chi connectivity index (χ0n) is 22.2. The Hall–Kier alpha value is -2.47. The maximum Gasteiger partial charge on any atom is 0.243 e. The fraction of sp³-hybridized carbons (Fsp3) is 0.375. The number of benzene rings is 3. The third kappa shape index (κ3) is 9.59. The van der Waals surface area contributed by atoms with Crippen molar-refractivity contribution in [2.45, 2.75) is 74.9 Å². The van der Waals surface area contributed by atoms with Gasteiger partial charge in [-0.05, 0) is 72.5 Å². The number of amides is 2. The maximum atomic E-state index is 13.8. The molecule has 0 spiro atoms. The summed E-state index contributed by atoms with van der Waals surface area (Å²) in [5, 5.41) is 4.62. The third-order valence-corrected chi connectivity index (χ3v) is 8.67. The molecule has 0 bridgehead atoms. The van der Waals surface area contributed by atoms with Gasteiger partial charge in [-0.25, -0.2) is 0 Å². The first-order valence-electron chi connectivity index (χ1n) is 13.7. The highest BCUT2D eigenvalue weighted by Gasteiger charge is 2.31. The third-order valence-electron chi connectivity index (χ3n) is 7.08. The molecule has 2 amide bonds. The average molecular weight is 584 g/mol. The Morgan fingerprint density at radius 3 is 2.31 bits per heavy atom. The number of rotatable bonds is 12. The molecule has 3 aromatic carbocycles. The number of carbonyl (C=O) groups is 2. The molecule has 0 heterocycles. The van der Waals surface area contributed by atoms with Gasteiger partial charge in [-0.15, -0.1) is 11.8 Å². The van der Waals surface area contributed by atoms with Crippen LogP contribution in [0.2, 0.25) is 10.0 Å². The molecule has 1 aliphatic rings. The molecule has 1 N–H and O–H groups in total. The van der Waals surface area contributed by atoms with Crippen LogP contribution in [-0.2, 0) is 22.6 Å². The molecule has 39 heavy (non-hydrogen) atoms. The van der Waals surface area contributed by atoms with E-state index in [4.69, 9.17) is 23.2 Å². The van der Waals surface area contributed by atoms with Crippen LogP contribution >= 0.6 is 35.0 Å². The van der Waals surface area contributed by atoms with Crippen molar-refractivity contribution in [3.05, 3.63) is 100 Å². The summed E-state index contributed by atoms with van der Waals surface area (Å²) in [6.45, 7) is 0.333. The van der Waals surface area contributed by atoms with Gasteiger partial charge in [-0.2, -0.15) is 0 Å². The summed E-state index contributed by atoms with van der Waals surface area (Å²) in [6, 6.07) is 24.8. The Bertz CT molecular complexity index is 1200. The minimum absolute atomic E-state index is 0.0218. The van der Waals surface area contributed by atoms with E-state index in [2.05, 4.69) is 5.32 Å². The predicted octanol–water partition coefficient (Wildman–Crippen LogP) is 7.95. The van der Waals surface area contributed by atoms with Crippen LogP contribution in [0.5, 0.6) is 0 Å². The second-order valence-electron chi connectivity index (χ2n) is 10.1. The SMILES string of the molecule is O=C(NC1CCCCC1)[C@@H](Cc1ccccc1)N(Cc1cccc(Cl)c1)C(=O)CCCSc1ccc(Cl)cc1. The molecular formula is C32H36Cl2N2O2S. The summed E-state index contributed by atoms with van der Waals surface area (Å²) in [5.41, 5.74) is 1.94. The van der Waals surface area contributed by atoms with Crippen LogP contribution in [0.3, 0.4) is 0 Å². The number of halogens is 2. The Morgan fingerprint density at radius 1 is 0.872 bits per heavy atom. The number of thioether (sulfide) groups is 1. The van der Waals surface area contributed by atoms with E-state index in [-0.39, 0.29) is 17.9 Å². The fourth-order valence-corrected chi connectivity index (χ4v) is 6.21. The van der Waals surface area contributed by atoms with Crippen LogP contribution in [0, 0.1) is 0 Å². The van der Waals surface area contributed by atoms with Crippen molar-refractivity contribution in [3.63, 3.8) is 0 Å². The van der Waals surface area contributed by atoms with Crippen LogP contribution < -0.4 is 5.32 Å². The van der Waals surface area contributed by atoms with Gasteiger partial charge < -0.3 is 10.2 Å². The molecular weight excluding hydrogens is 547 g/mol. The van der Waals surface area contributed by atoms with Crippen molar-refractivity contribution in [1.29, 1.82) is 0 Å². The van der Waals surface area contributed by atoms with Crippen LogP contribution in [0.1, 0.15) is 56.1 Å². The number of carbonyl (C=O) groups excluding carboxylic acids is 2. The first-order valence-corrected chi connectivity index (χ1v) is 15.5. The van der Waals surface area contributed by atoms with E-state index in [9.17, 15) is 9.59 Å². The van der Waals surface area contributed by atoms with Crippen molar-refractivity contribution in [1.82, 2.24) is 10.2 Å². The van der Waals surface area contributed by atoms with Gasteiger partial charge in [0.1, 0.15) is 6.04 Å². The van der Waals surface area contributed by atoms with Crippen molar-refractivity contribution >= 4 is 46.8 Å². The van der Waals surface area contributed by atoms with Gasteiger partial charge in [0.05, 0.1) is 0 Å². The summed E-state index contributed by atoms with van der Waals surface area (Å²) < 4.78 is 0. The van der Waals surface area contributed by atoms with Crippen LogP contribution in [-0.4, -0.2) is 34.6 Å². The molecule has 0 aromatic heterocycles. The summed E-state index contributed by atoms with van der Waals surface area (Å²) in [4.78, 5) is 30.5. The summed E-state index contributed by atoms with van der Waals surface area (Å²) in [7, 11) is 0. The first kappa shape index (κ1) is 29.5. The molecule has 7 heteroatoms. The molecule has 4 nitrogen and oxygen atoms in total. The Morgan fingerprint density at radius 2 is 1.59 bits per heavy atom. The molecule has 1 saturated carbocycles. The molecule has 3 aromatic rings. The quantitative estimate of drug-likeness (QED) is 0.174. The molecule has 0 unspecified atom stereocenters. The van der Waals surface area contributed by atoms with E-state index >= 15 is 0 Å². The Kier molecular flexibility index (Phi) is 11.6. The van der Waals surface area contributed by atoms with Crippen LogP contribution in [0.15, 0.2) is 83.8 Å². The number of hydrogen-bond donors (Lipinski definition) is 1. The lowest BCUT2D eigenvalue weighted by Gasteiger charge is -2.33. The molecule has 0 aliphatic heterocycles. The molecule has 1 atom stereocenters. The molecule has 4 rings (SSSR count). The second-order valence-corrected chi connectivity index (χ2v) is 12.1. The van der Waals surface area contributed by atoms with Gasteiger partial charge in [-0.1, -0.05) is 84.9 Å². The highest BCUT2D eigenvalue weighted by molar-refractivity contribution is 7.99. The van der Waals surface area contributed by atoms with Gasteiger partial charge in [0, 0.05) is 40.4 Å². The van der Waals surface area contributed by atoms with Crippen LogP contribution in [0.25, 0.3) is 0 Å². The highest BCUT2D eigenvalue weighted by Crippen LogP contribution is 2.24. The standard InChI is InChI=1S/C32H36Cl2N2O2S/c33-26-16-18-29(19-17-26)39-20-8-15-31(37)36(23-25-11-7-12-27(34)21-25)30(22-24-9-3-1-4-10-24)32(38)35-28-13-5-2-6-14-28/h1,3-4,7,9-12,16-19,21,28,30H,2,5-6,8,13-15,20,22-23H2,(H,35,38)/t30-/m1/s1. The molecule has 0 radical (unpaired) electrons. The normalized spacial score (nSPS) is 14.5. The van der Waals surface area contributed by atoms with E-state index in [0.717, 1.165) is 47.5 Å². The zero-order valence-corrected chi connectivity index (χ0v) is 24.5. The van der Waals surface area contributed by atoms with E-state index in [1.165, 1.54) is 6.42 Å². The van der Waals surface area contributed by atoms with Gasteiger partial charge in [0.15, 0.2) is 0 Å². The van der Waals surface area contributed by atoms with Gasteiger partial charge in [0.25, 0.3) is 0 Å². The highest BCUT2D eigenvalue weighted by atomic mass is 35.5. The maximum absolute atomic E-state index is 13.8. The predicted molar refractivity (Wildman–Crippen MR) is 162 cm³/mol. The number of nitrogens with one attached hydrogen (secondary N) is 1. The summed E-state index contributed by atoms with van der Waals surface area (Å²) >= 11 is 14.0. The topological polar surface area (TPSA) is 49.4 Å². The van der Waals surface area contributed by atoms with Gasteiger partial charge in [0.2, 0.25) is 11.8 Å². The zero-order chi connectivity index (χ0) is 27.5. The number of nitrogens with zero attached hydrogens (tertiary/aromatic N) is 1. The first-order chi connectivity index (χ1) is 19.0. The van der Waals surface area contributed by atoms with Crippen molar-refractivity contribution < 1.29 is 9.59 Å². The van der Waals surface area contributed by atoms with E-state index in [1.54, 1.807) is 16.7 Å². The van der Waals surface area contributed by atoms with E-state index in [1.807, 2.05) is 78.9 Å². The minimum Gasteiger partial charge on any atom is -0.352 e. The molecule has 206 valence electrons. The van der Waals surface area contributed by atoms with E-state index < -0.39 is 6.04 Å². The Balaban J connectivity index is 1.51. The molecule has 0 saturated heterocycles. The summed E-state index contributed by atoms with van der Waals surface area (Å²) in [6.07, 6.45) is 7.00. The van der Waals surface area contributed by atoms with Crippen LogP contribution in [0.4, 0.5) is 0 Å². The van der Waals surface area contributed by atoms with Crippen molar-refractivity contribution in [2.75, 3.05) is 5.75 Å². The largest absolute Gasteiger partial charge is 0.352 e. The smallest absolute Gasteiger partial charge is 0.243 e. The monoisotopic (exact) mass is 582 g/mol. The van der Waals surface area contributed by atoms with Gasteiger partial charge in [-0.3, -0.25) is 9.59 Å². The van der Waals surface area contributed by atoms with Crippen molar-refractivity contribution in [2.24, 2.45) is 0 Å². The Labute approximate surface area is 246 Å². The van der Waals surface area contributed by atoms with Gasteiger partial charge >= 0.3 is 0 Å². The lowest BCUT2D eigenvalue weighted by atomic mass is 9.94. The van der Waals surface area contributed by atoms with Crippen molar-refractivity contribution in [3.8, 4) is 0 Å². The molecule has 1 aliphatic carbocycles. The average Bonchev–Trinajstić information content (AvgIpc) is 2.95. The fourth-order valence-electron chi connectivity index (χ4n) is 5.02. The lowest BCUT2D eigenvalue weighted by Crippen LogP contribution is -2.52. The minimum atomic E-state index is -0.607. The van der Waals surface area contributed by atoms with E-state index in [0.29, 0.717) is 35.9 Å². The molecule has 1 fully saturated rings.